The Morgan fingerprint density at radius 3 is 2.12 bits per heavy atom. The SMILES string of the molecule is CN/C(C)=C(/C)C=N. The fourth-order valence-corrected chi connectivity index (χ4v) is 0.305. The maximum absolute atomic E-state index is 6.82. The normalized spacial score (nSPS) is 12.4. The molecule has 0 saturated heterocycles. The summed E-state index contributed by atoms with van der Waals surface area (Å²) in [6.45, 7) is 3.85. The molecular weight excluding hydrogens is 100 g/mol. The molecule has 0 saturated carbocycles. The first-order chi connectivity index (χ1) is 3.72. The largest absolute Gasteiger partial charge is 0.391 e. The van der Waals surface area contributed by atoms with Crippen LogP contribution in [0.3, 0.4) is 0 Å². The molecule has 0 atom stereocenters. The van der Waals surface area contributed by atoms with Gasteiger partial charge in [-0.05, 0) is 19.4 Å². The van der Waals surface area contributed by atoms with Crippen LogP contribution in [0.25, 0.3) is 0 Å². The minimum absolute atomic E-state index is 0.979. The lowest BCUT2D eigenvalue weighted by molar-refractivity contribution is 0.975. The van der Waals surface area contributed by atoms with Gasteiger partial charge in [-0.1, -0.05) is 0 Å². The third-order valence-corrected chi connectivity index (χ3v) is 1.18. The summed E-state index contributed by atoms with van der Waals surface area (Å²) in [5.41, 5.74) is 2.03. The van der Waals surface area contributed by atoms with Gasteiger partial charge in [-0.15, -0.1) is 0 Å². The zero-order chi connectivity index (χ0) is 6.57. The summed E-state index contributed by atoms with van der Waals surface area (Å²) in [7, 11) is 1.85. The minimum atomic E-state index is 0.979. The third-order valence-electron chi connectivity index (χ3n) is 1.18. The van der Waals surface area contributed by atoms with E-state index in [2.05, 4.69) is 5.32 Å². The van der Waals surface area contributed by atoms with Gasteiger partial charge in [-0.25, -0.2) is 0 Å². The Bertz CT molecular complexity index is 114. The molecule has 0 aromatic carbocycles. The summed E-state index contributed by atoms with van der Waals surface area (Å²) in [4.78, 5) is 0. The molecular formula is C6H12N2. The maximum atomic E-state index is 6.82. The van der Waals surface area contributed by atoms with Crippen molar-refractivity contribution in [3.05, 3.63) is 11.3 Å². The van der Waals surface area contributed by atoms with E-state index in [0.717, 1.165) is 11.3 Å². The second kappa shape index (κ2) is 3.24. The van der Waals surface area contributed by atoms with Crippen molar-refractivity contribution in [2.45, 2.75) is 13.8 Å². The highest BCUT2D eigenvalue weighted by Gasteiger charge is 1.85. The van der Waals surface area contributed by atoms with E-state index in [4.69, 9.17) is 5.41 Å². The average Bonchev–Trinajstić information content (AvgIpc) is 1.84. The van der Waals surface area contributed by atoms with E-state index in [1.807, 2.05) is 20.9 Å². The van der Waals surface area contributed by atoms with Crippen molar-refractivity contribution < 1.29 is 0 Å². The molecule has 0 unspecified atom stereocenters. The van der Waals surface area contributed by atoms with Gasteiger partial charge < -0.3 is 10.7 Å². The second-order valence-corrected chi connectivity index (χ2v) is 1.70. The van der Waals surface area contributed by atoms with Crippen LogP contribution < -0.4 is 5.32 Å². The molecule has 0 spiro atoms. The van der Waals surface area contributed by atoms with Crippen LogP contribution in [-0.2, 0) is 0 Å². The molecule has 0 radical (unpaired) electrons. The first kappa shape index (κ1) is 7.21. The smallest absolute Gasteiger partial charge is 0.0224 e. The van der Waals surface area contributed by atoms with Crippen molar-refractivity contribution in [2.75, 3.05) is 7.05 Å². The predicted molar refractivity (Wildman–Crippen MR) is 36.2 cm³/mol. The minimum Gasteiger partial charge on any atom is -0.391 e. The van der Waals surface area contributed by atoms with Gasteiger partial charge in [0.15, 0.2) is 0 Å². The van der Waals surface area contributed by atoms with Gasteiger partial charge >= 0.3 is 0 Å². The van der Waals surface area contributed by atoms with Crippen molar-refractivity contribution in [1.29, 1.82) is 5.41 Å². The summed E-state index contributed by atoms with van der Waals surface area (Å²) in [5, 5.41) is 9.76. The van der Waals surface area contributed by atoms with Gasteiger partial charge in [0.2, 0.25) is 0 Å². The van der Waals surface area contributed by atoms with Gasteiger partial charge in [-0.2, -0.15) is 0 Å². The van der Waals surface area contributed by atoms with Crippen LogP contribution >= 0.6 is 0 Å². The van der Waals surface area contributed by atoms with Crippen molar-refractivity contribution in [3.8, 4) is 0 Å². The first-order valence-electron chi connectivity index (χ1n) is 2.58. The van der Waals surface area contributed by atoms with Crippen LogP contribution in [0.4, 0.5) is 0 Å². The molecule has 0 fully saturated rings. The van der Waals surface area contributed by atoms with E-state index in [1.165, 1.54) is 6.21 Å². The lowest BCUT2D eigenvalue weighted by Crippen LogP contribution is -2.04. The van der Waals surface area contributed by atoms with Crippen LogP contribution in [0.15, 0.2) is 11.3 Å². The highest BCUT2D eigenvalue weighted by atomic mass is 14.8. The maximum Gasteiger partial charge on any atom is 0.0224 e. The topological polar surface area (TPSA) is 35.9 Å². The highest BCUT2D eigenvalue weighted by molar-refractivity contribution is 5.75. The first-order valence-corrected chi connectivity index (χ1v) is 2.58. The van der Waals surface area contributed by atoms with E-state index >= 15 is 0 Å². The molecule has 0 amide bonds. The quantitative estimate of drug-likeness (QED) is 0.516. The van der Waals surface area contributed by atoms with Gasteiger partial charge in [0.05, 0.1) is 0 Å². The molecule has 0 aliphatic rings. The summed E-state index contributed by atoms with van der Waals surface area (Å²) in [6.07, 6.45) is 1.34. The van der Waals surface area contributed by atoms with E-state index in [9.17, 15) is 0 Å². The Balaban J connectivity index is 4.03. The summed E-state index contributed by atoms with van der Waals surface area (Å²) in [6, 6.07) is 0. The summed E-state index contributed by atoms with van der Waals surface area (Å²) in [5.74, 6) is 0. The molecule has 2 nitrogen and oxygen atoms in total. The van der Waals surface area contributed by atoms with Gasteiger partial charge in [0.25, 0.3) is 0 Å². The molecule has 0 aromatic heterocycles. The Morgan fingerprint density at radius 1 is 1.50 bits per heavy atom. The lowest BCUT2D eigenvalue weighted by atomic mass is 10.3. The van der Waals surface area contributed by atoms with Crippen molar-refractivity contribution in [3.63, 3.8) is 0 Å². The Labute approximate surface area is 50.1 Å². The zero-order valence-corrected chi connectivity index (χ0v) is 5.58. The molecule has 0 rings (SSSR count). The van der Waals surface area contributed by atoms with Crippen LogP contribution in [0, 0.1) is 5.41 Å². The fraction of sp³-hybridized carbons (Fsp3) is 0.500. The van der Waals surface area contributed by atoms with Crippen molar-refractivity contribution in [1.82, 2.24) is 5.32 Å². The second-order valence-electron chi connectivity index (χ2n) is 1.70. The van der Waals surface area contributed by atoms with Crippen LogP contribution in [0.2, 0.25) is 0 Å². The zero-order valence-electron chi connectivity index (χ0n) is 5.58. The standard InChI is InChI=1S/C6H12N2/c1-5(4-7)6(2)8-3/h4,7-8H,1-3H3/b6-5-,7-4?. The molecule has 0 aliphatic carbocycles. The molecule has 8 heavy (non-hydrogen) atoms. The summed E-state index contributed by atoms with van der Waals surface area (Å²) >= 11 is 0. The van der Waals surface area contributed by atoms with Crippen molar-refractivity contribution in [2.24, 2.45) is 0 Å². The number of nitrogens with one attached hydrogen (secondary N) is 2. The monoisotopic (exact) mass is 112 g/mol. The molecule has 2 heteroatoms. The average molecular weight is 112 g/mol. The Hall–Kier alpha value is -0.790. The molecule has 0 aromatic rings. The van der Waals surface area contributed by atoms with E-state index in [0.29, 0.717) is 0 Å². The predicted octanol–water partition coefficient (Wildman–Crippen LogP) is 1.15. The molecule has 0 heterocycles. The fourth-order valence-electron chi connectivity index (χ4n) is 0.305. The van der Waals surface area contributed by atoms with E-state index in [-0.39, 0.29) is 0 Å². The van der Waals surface area contributed by atoms with Gasteiger partial charge in [-0.3, -0.25) is 0 Å². The van der Waals surface area contributed by atoms with Gasteiger partial charge in [0.1, 0.15) is 0 Å². The molecule has 0 bridgehead atoms. The molecule has 46 valence electrons. The number of hydrogen-bond acceptors (Lipinski definition) is 2. The van der Waals surface area contributed by atoms with E-state index < -0.39 is 0 Å². The van der Waals surface area contributed by atoms with Crippen LogP contribution in [0.5, 0.6) is 0 Å². The number of hydrogen-bond donors (Lipinski definition) is 2. The van der Waals surface area contributed by atoms with Crippen LogP contribution in [-0.4, -0.2) is 13.3 Å². The van der Waals surface area contributed by atoms with Gasteiger partial charge in [0, 0.05) is 19.0 Å². The van der Waals surface area contributed by atoms with Crippen LogP contribution in [0.1, 0.15) is 13.8 Å². The Morgan fingerprint density at radius 2 is 2.00 bits per heavy atom. The van der Waals surface area contributed by atoms with Crippen molar-refractivity contribution >= 4 is 6.21 Å². The lowest BCUT2D eigenvalue weighted by Gasteiger charge is -1.99. The molecule has 2 N–H and O–H groups in total. The molecule has 0 aliphatic heterocycles. The summed E-state index contributed by atoms with van der Waals surface area (Å²) < 4.78 is 0. The highest BCUT2D eigenvalue weighted by Crippen LogP contribution is 1.92. The Kier molecular flexibility index (Phi) is 2.92. The third kappa shape index (κ3) is 1.78. The number of rotatable bonds is 2. The van der Waals surface area contributed by atoms with E-state index in [1.54, 1.807) is 0 Å². The number of allylic oxidation sites excluding steroid dienone is 2.